The third-order valence-electron chi connectivity index (χ3n) is 2.44. The highest BCUT2D eigenvalue weighted by Gasteiger charge is 2.15. The third kappa shape index (κ3) is 4.01. The predicted molar refractivity (Wildman–Crippen MR) is 66.1 cm³/mol. The molecule has 0 aliphatic carbocycles. The first-order chi connectivity index (χ1) is 8.04. The molecule has 1 rings (SSSR count). The number of aromatic nitrogens is 2. The maximum Gasteiger partial charge on any atom is 0.323 e. The summed E-state index contributed by atoms with van der Waals surface area (Å²) in [6, 6.07) is 1.96. The maximum atomic E-state index is 10.8. The SMILES string of the molecule is CCCc1cc(N(CC(=O)O)C(C)C)ncn1. The standard InChI is InChI=1S/C12H19N3O2/c1-4-5-10-6-11(14-8-13-10)15(9(2)3)7-12(16)17/h6,8-9H,4-5,7H2,1-3H3,(H,16,17). The van der Waals surface area contributed by atoms with Gasteiger partial charge in [0.2, 0.25) is 0 Å². The minimum absolute atomic E-state index is 0.0414. The first-order valence-electron chi connectivity index (χ1n) is 5.84. The lowest BCUT2D eigenvalue weighted by atomic mass is 10.2. The van der Waals surface area contributed by atoms with Gasteiger partial charge >= 0.3 is 5.97 Å². The van der Waals surface area contributed by atoms with E-state index in [4.69, 9.17) is 5.11 Å². The van der Waals surface area contributed by atoms with Gasteiger partial charge in [-0.2, -0.15) is 0 Å². The second-order valence-electron chi connectivity index (χ2n) is 4.23. The zero-order chi connectivity index (χ0) is 12.8. The summed E-state index contributed by atoms with van der Waals surface area (Å²) in [5.41, 5.74) is 0.952. The van der Waals surface area contributed by atoms with Crippen molar-refractivity contribution in [1.82, 2.24) is 9.97 Å². The van der Waals surface area contributed by atoms with E-state index in [1.165, 1.54) is 6.33 Å². The second kappa shape index (κ2) is 6.18. The maximum absolute atomic E-state index is 10.8. The first-order valence-corrected chi connectivity index (χ1v) is 5.84. The van der Waals surface area contributed by atoms with Crippen LogP contribution in [0.4, 0.5) is 5.82 Å². The molecule has 1 heterocycles. The largest absolute Gasteiger partial charge is 0.480 e. The van der Waals surface area contributed by atoms with Crippen molar-refractivity contribution < 1.29 is 9.90 Å². The molecule has 0 aliphatic rings. The molecule has 0 spiro atoms. The number of carbonyl (C=O) groups is 1. The van der Waals surface area contributed by atoms with Gasteiger partial charge in [0.15, 0.2) is 0 Å². The molecule has 0 saturated carbocycles. The zero-order valence-corrected chi connectivity index (χ0v) is 10.6. The normalized spacial score (nSPS) is 10.6. The zero-order valence-electron chi connectivity index (χ0n) is 10.6. The van der Waals surface area contributed by atoms with E-state index in [2.05, 4.69) is 16.9 Å². The molecule has 1 aromatic rings. The molecule has 1 aromatic heterocycles. The van der Waals surface area contributed by atoms with Gasteiger partial charge in [-0.25, -0.2) is 9.97 Å². The van der Waals surface area contributed by atoms with Gasteiger partial charge in [-0.3, -0.25) is 4.79 Å². The average Bonchev–Trinajstić information content (AvgIpc) is 2.26. The smallest absolute Gasteiger partial charge is 0.323 e. The van der Waals surface area contributed by atoms with E-state index in [0.29, 0.717) is 5.82 Å². The van der Waals surface area contributed by atoms with Gasteiger partial charge in [0.25, 0.3) is 0 Å². The summed E-state index contributed by atoms with van der Waals surface area (Å²) in [5.74, 6) is -0.171. The Bertz CT molecular complexity index is 380. The molecule has 5 heteroatoms. The quantitative estimate of drug-likeness (QED) is 0.816. The van der Waals surface area contributed by atoms with Gasteiger partial charge < -0.3 is 10.0 Å². The Morgan fingerprint density at radius 1 is 1.47 bits per heavy atom. The number of aliphatic carboxylic acids is 1. The summed E-state index contributed by atoms with van der Waals surface area (Å²) in [6.07, 6.45) is 3.39. The minimum Gasteiger partial charge on any atom is -0.480 e. The van der Waals surface area contributed by atoms with Crippen molar-refractivity contribution in [2.45, 2.75) is 39.7 Å². The summed E-state index contributed by atoms with van der Waals surface area (Å²) in [4.78, 5) is 20.9. The average molecular weight is 237 g/mol. The van der Waals surface area contributed by atoms with Crippen molar-refractivity contribution in [2.75, 3.05) is 11.4 Å². The monoisotopic (exact) mass is 237 g/mol. The van der Waals surface area contributed by atoms with Crippen molar-refractivity contribution in [3.63, 3.8) is 0 Å². The van der Waals surface area contributed by atoms with E-state index in [1.807, 2.05) is 19.9 Å². The van der Waals surface area contributed by atoms with E-state index >= 15 is 0 Å². The second-order valence-corrected chi connectivity index (χ2v) is 4.23. The minimum atomic E-state index is -0.852. The number of nitrogens with zero attached hydrogens (tertiary/aromatic N) is 3. The molecule has 0 amide bonds. The molecule has 0 aliphatic heterocycles. The van der Waals surface area contributed by atoms with Crippen LogP contribution in [0.3, 0.4) is 0 Å². The van der Waals surface area contributed by atoms with Gasteiger partial charge in [0.05, 0.1) is 0 Å². The number of anilines is 1. The lowest BCUT2D eigenvalue weighted by Gasteiger charge is -2.26. The topological polar surface area (TPSA) is 66.3 Å². The number of carboxylic acid groups (broad SMARTS) is 1. The van der Waals surface area contributed by atoms with Crippen molar-refractivity contribution in [2.24, 2.45) is 0 Å². The lowest BCUT2D eigenvalue weighted by Crippen LogP contribution is -2.36. The molecule has 0 radical (unpaired) electrons. The fourth-order valence-electron chi connectivity index (χ4n) is 1.61. The molecule has 0 fully saturated rings. The molecule has 17 heavy (non-hydrogen) atoms. The van der Waals surface area contributed by atoms with E-state index in [0.717, 1.165) is 18.5 Å². The van der Waals surface area contributed by atoms with Crippen LogP contribution in [0.25, 0.3) is 0 Å². The Morgan fingerprint density at radius 2 is 2.18 bits per heavy atom. The van der Waals surface area contributed by atoms with E-state index in [-0.39, 0.29) is 12.6 Å². The molecule has 0 unspecified atom stereocenters. The van der Waals surface area contributed by atoms with Crippen LogP contribution in [0.2, 0.25) is 0 Å². The molecular formula is C12H19N3O2. The van der Waals surface area contributed by atoms with Gasteiger partial charge in [0, 0.05) is 17.8 Å². The Hall–Kier alpha value is -1.65. The molecule has 0 aromatic carbocycles. The third-order valence-corrected chi connectivity index (χ3v) is 2.44. The lowest BCUT2D eigenvalue weighted by molar-refractivity contribution is -0.135. The van der Waals surface area contributed by atoms with Crippen molar-refractivity contribution >= 4 is 11.8 Å². The summed E-state index contributed by atoms with van der Waals surface area (Å²) < 4.78 is 0. The van der Waals surface area contributed by atoms with Crippen LogP contribution in [0.1, 0.15) is 32.9 Å². The molecule has 5 nitrogen and oxygen atoms in total. The number of hydrogen-bond donors (Lipinski definition) is 1. The van der Waals surface area contributed by atoms with Gasteiger partial charge in [0.1, 0.15) is 18.7 Å². The number of aryl methyl sites for hydroxylation is 1. The number of hydrogen-bond acceptors (Lipinski definition) is 4. The Balaban J connectivity index is 2.93. The summed E-state index contributed by atoms with van der Waals surface area (Å²) in [6.45, 7) is 5.94. The van der Waals surface area contributed by atoms with Gasteiger partial charge in [-0.1, -0.05) is 13.3 Å². The summed E-state index contributed by atoms with van der Waals surface area (Å²) in [5, 5.41) is 8.88. The van der Waals surface area contributed by atoms with Crippen molar-refractivity contribution in [3.05, 3.63) is 18.1 Å². The van der Waals surface area contributed by atoms with E-state index in [1.54, 1.807) is 4.90 Å². The highest BCUT2D eigenvalue weighted by atomic mass is 16.4. The number of rotatable bonds is 6. The molecule has 1 N–H and O–H groups in total. The summed E-state index contributed by atoms with van der Waals surface area (Å²) in [7, 11) is 0. The van der Waals surface area contributed by atoms with Crippen LogP contribution in [-0.2, 0) is 11.2 Å². The van der Waals surface area contributed by atoms with E-state index in [9.17, 15) is 4.79 Å². The van der Waals surface area contributed by atoms with Gasteiger partial charge in [-0.05, 0) is 20.3 Å². The van der Waals surface area contributed by atoms with Crippen LogP contribution in [-0.4, -0.2) is 33.6 Å². The Kier molecular flexibility index (Phi) is 4.87. The van der Waals surface area contributed by atoms with Gasteiger partial charge in [-0.15, -0.1) is 0 Å². The van der Waals surface area contributed by atoms with Crippen LogP contribution >= 0.6 is 0 Å². The Morgan fingerprint density at radius 3 is 2.71 bits per heavy atom. The van der Waals surface area contributed by atoms with Crippen LogP contribution in [0.5, 0.6) is 0 Å². The highest BCUT2D eigenvalue weighted by Crippen LogP contribution is 2.14. The van der Waals surface area contributed by atoms with Crippen molar-refractivity contribution in [1.29, 1.82) is 0 Å². The van der Waals surface area contributed by atoms with Crippen LogP contribution in [0, 0.1) is 0 Å². The fraction of sp³-hybridized carbons (Fsp3) is 0.583. The Labute approximate surface area is 102 Å². The molecular weight excluding hydrogens is 218 g/mol. The molecule has 0 bridgehead atoms. The fourth-order valence-corrected chi connectivity index (χ4v) is 1.61. The van der Waals surface area contributed by atoms with Crippen LogP contribution < -0.4 is 4.90 Å². The predicted octanol–water partition coefficient (Wildman–Crippen LogP) is 1.73. The van der Waals surface area contributed by atoms with E-state index < -0.39 is 5.97 Å². The first kappa shape index (κ1) is 13.4. The summed E-state index contributed by atoms with van der Waals surface area (Å²) >= 11 is 0. The highest BCUT2D eigenvalue weighted by molar-refractivity contribution is 5.73. The molecule has 0 saturated heterocycles. The van der Waals surface area contributed by atoms with Crippen LogP contribution in [0.15, 0.2) is 12.4 Å². The molecule has 94 valence electrons. The number of carboxylic acids is 1. The molecule has 0 atom stereocenters. The van der Waals surface area contributed by atoms with Crippen molar-refractivity contribution in [3.8, 4) is 0 Å².